The van der Waals surface area contributed by atoms with Crippen LogP contribution in [-0.4, -0.2) is 53.2 Å². The number of hydrogen-bond donors (Lipinski definition) is 2. The van der Waals surface area contributed by atoms with Gasteiger partial charge in [0.25, 0.3) is 0 Å². The van der Waals surface area contributed by atoms with Gasteiger partial charge < -0.3 is 10.1 Å². The van der Waals surface area contributed by atoms with Gasteiger partial charge >= 0.3 is 6.09 Å². The van der Waals surface area contributed by atoms with Crippen molar-refractivity contribution in [1.29, 1.82) is 0 Å². The van der Waals surface area contributed by atoms with E-state index in [0.29, 0.717) is 42.4 Å². The van der Waals surface area contributed by atoms with Crippen LogP contribution in [0.5, 0.6) is 0 Å². The van der Waals surface area contributed by atoms with Crippen molar-refractivity contribution in [2.75, 3.05) is 36.7 Å². The standard InChI is InChI=1S/C19H25FN4O3S2/c1-21-29(26)7-6-17(23-11-29)15-5-4-13(8-16(15)20)24-10-14(27-19(24)25)9-22-18(28)12-2-3-12/h4-5,8,12,14,17,23H,2-3,6-7,9-11H2,1H3,(H,22,28)/t14-,17?,29?/m0/s1. The minimum atomic E-state index is -2.22. The van der Waals surface area contributed by atoms with Crippen LogP contribution >= 0.6 is 12.2 Å². The lowest BCUT2D eigenvalue weighted by Gasteiger charge is -2.27. The summed E-state index contributed by atoms with van der Waals surface area (Å²) in [5, 5.41) is 6.30. The molecule has 2 N–H and O–H groups in total. The largest absolute Gasteiger partial charge is 0.442 e. The highest BCUT2D eigenvalue weighted by atomic mass is 32.2. The number of carbonyl (C=O) groups excluding carboxylic acids is 1. The first-order valence-corrected chi connectivity index (χ1v) is 12.0. The summed E-state index contributed by atoms with van der Waals surface area (Å²) >= 11 is 5.30. The maximum absolute atomic E-state index is 14.8. The highest BCUT2D eigenvalue weighted by Crippen LogP contribution is 2.31. The number of nitrogens with zero attached hydrogens (tertiary/aromatic N) is 2. The van der Waals surface area contributed by atoms with E-state index in [2.05, 4.69) is 15.0 Å². The van der Waals surface area contributed by atoms with E-state index in [-0.39, 0.29) is 18.0 Å². The molecule has 0 aromatic heterocycles. The van der Waals surface area contributed by atoms with Crippen molar-refractivity contribution in [3.05, 3.63) is 29.6 Å². The Bertz CT molecular complexity index is 929. The number of anilines is 1. The van der Waals surface area contributed by atoms with Gasteiger partial charge in [-0.25, -0.2) is 17.8 Å². The zero-order chi connectivity index (χ0) is 20.6. The van der Waals surface area contributed by atoms with Gasteiger partial charge in [0.15, 0.2) is 0 Å². The molecule has 2 unspecified atom stereocenters. The van der Waals surface area contributed by atoms with Gasteiger partial charge in [-0.3, -0.25) is 10.2 Å². The second-order valence-corrected chi connectivity index (χ2v) is 10.7. The molecule has 3 aliphatic rings. The van der Waals surface area contributed by atoms with Crippen LogP contribution in [0.15, 0.2) is 22.6 Å². The summed E-state index contributed by atoms with van der Waals surface area (Å²) in [7, 11) is -0.670. The first-order valence-electron chi connectivity index (χ1n) is 9.78. The molecule has 7 nitrogen and oxygen atoms in total. The van der Waals surface area contributed by atoms with Crippen molar-refractivity contribution in [3.63, 3.8) is 0 Å². The third kappa shape index (κ3) is 4.54. The molecule has 1 amide bonds. The Morgan fingerprint density at radius 3 is 2.86 bits per heavy atom. The van der Waals surface area contributed by atoms with Crippen LogP contribution in [0.1, 0.15) is 30.9 Å². The summed E-state index contributed by atoms with van der Waals surface area (Å²) in [6, 6.07) is 4.55. The lowest BCUT2D eigenvalue weighted by Crippen LogP contribution is -2.36. The summed E-state index contributed by atoms with van der Waals surface area (Å²) in [5.74, 6) is 0.766. The SMILES string of the molecule is CN=S1(=O)CCC(c2ccc(N3C[C@H](CNC(=S)C4CC4)OC3=O)cc2F)NC1. The van der Waals surface area contributed by atoms with Crippen molar-refractivity contribution in [2.45, 2.75) is 31.4 Å². The molecule has 3 atom stereocenters. The van der Waals surface area contributed by atoms with Crippen molar-refractivity contribution < 1.29 is 18.1 Å². The molecule has 0 spiro atoms. The minimum absolute atomic E-state index is 0.216. The van der Waals surface area contributed by atoms with Crippen LogP contribution in [0.25, 0.3) is 0 Å². The molecule has 4 rings (SSSR count). The van der Waals surface area contributed by atoms with Crippen molar-refractivity contribution in [3.8, 4) is 0 Å². The molecule has 1 aliphatic carbocycles. The van der Waals surface area contributed by atoms with Crippen molar-refractivity contribution in [2.24, 2.45) is 10.3 Å². The van der Waals surface area contributed by atoms with Crippen molar-refractivity contribution >= 4 is 38.7 Å². The topological polar surface area (TPSA) is 83.0 Å². The summed E-state index contributed by atoms with van der Waals surface area (Å²) < 4.78 is 36.4. The van der Waals surface area contributed by atoms with E-state index in [9.17, 15) is 13.4 Å². The summed E-state index contributed by atoms with van der Waals surface area (Å²) in [5.41, 5.74) is 0.971. The molecule has 3 fully saturated rings. The van der Waals surface area contributed by atoms with Gasteiger partial charge in [0.05, 0.1) is 39.4 Å². The quantitative estimate of drug-likeness (QED) is 0.685. The fourth-order valence-corrected chi connectivity index (χ4v) is 5.48. The van der Waals surface area contributed by atoms with Gasteiger partial charge in [-0.15, -0.1) is 0 Å². The number of cyclic esters (lactones) is 1. The predicted molar refractivity (Wildman–Crippen MR) is 114 cm³/mol. The number of nitrogens with one attached hydrogen (secondary N) is 2. The van der Waals surface area contributed by atoms with E-state index >= 15 is 0 Å². The molecule has 158 valence electrons. The van der Waals surface area contributed by atoms with Crippen LogP contribution in [-0.2, 0) is 14.5 Å². The predicted octanol–water partition coefficient (Wildman–Crippen LogP) is 2.57. The second-order valence-electron chi connectivity index (χ2n) is 7.69. The third-order valence-corrected chi connectivity index (χ3v) is 8.25. The molecule has 2 heterocycles. The zero-order valence-electron chi connectivity index (χ0n) is 16.2. The number of carbonyl (C=O) groups is 1. The zero-order valence-corrected chi connectivity index (χ0v) is 17.9. The fraction of sp³-hybridized carbons (Fsp3) is 0.579. The maximum atomic E-state index is 14.8. The van der Waals surface area contributed by atoms with Crippen LogP contribution in [0, 0.1) is 11.7 Å². The first kappa shape index (κ1) is 20.5. The molecule has 2 saturated heterocycles. The van der Waals surface area contributed by atoms with Crippen molar-refractivity contribution in [1.82, 2.24) is 10.6 Å². The Hall–Kier alpha value is -1.78. The van der Waals surface area contributed by atoms with Gasteiger partial charge in [0.2, 0.25) is 0 Å². The average molecular weight is 441 g/mol. The third-order valence-electron chi connectivity index (χ3n) is 5.61. The van der Waals surface area contributed by atoms with Crippen LogP contribution < -0.4 is 15.5 Å². The smallest absolute Gasteiger partial charge is 0.414 e. The highest BCUT2D eigenvalue weighted by Gasteiger charge is 2.34. The van der Waals surface area contributed by atoms with E-state index < -0.39 is 21.6 Å². The average Bonchev–Trinajstić information content (AvgIpc) is 3.50. The number of benzene rings is 1. The lowest BCUT2D eigenvalue weighted by atomic mass is 10.0. The Labute approximate surface area is 175 Å². The fourth-order valence-electron chi connectivity index (χ4n) is 3.64. The molecular weight excluding hydrogens is 415 g/mol. The minimum Gasteiger partial charge on any atom is -0.442 e. The molecule has 1 saturated carbocycles. The van der Waals surface area contributed by atoms with E-state index in [0.717, 1.165) is 17.8 Å². The van der Waals surface area contributed by atoms with Crippen LogP contribution in [0.2, 0.25) is 0 Å². The van der Waals surface area contributed by atoms with Gasteiger partial charge in [-0.1, -0.05) is 18.3 Å². The Balaban J connectivity index is 1.39. The van der Waals surface area contributed by atoms with E-state index in [1.807, 2.05) is 0 Å². The molecule has 1 aromatic carbocycles. The lowest BCUT2D eigenvalue weighted by molar-refractivity contribution is 0.143. The van der Waals surface area contributed by atoms with E-state index in [1.165, 1.54) is 11.0 Å². The first-order chi connectivity index (χ1) is 13.9. The Kier molecular flexibility index (Phi) is 5.76. The molecule has 29 heavy (non-hydrogen) atoms. The molecule has 2 aliphatic heterocycles. The monoisotopic (exact) mass is 440 g/mol. The highest BCUT2D eigenvalue weighted by molar-refractivity contribution is 7.93. The van der Waals surface area contributed by atoms with Crippen LogP contribution in [0.3, 0.4) is 0 Å². The Morgan fingerprint density at radius 2 is 2.24 bits per heavy atom. The number of halogens is 1. The normalized spacial score (nSPS) is 29.4. The van der Waals surface area contributed by atoms with Gasteiger partial charge in [-0.2, -0.15) is 0 Å². The Morgan fingerprint density at radius 1 is 1.45 bits per heavy atom. The molecule has 0 bridgehead atoms. The molecule has 10 heteroatoms. The maximum Gasteiger partial charge on any atom is 0.414 e. The van der Waals surface area contributed by atoms with E-state index in [1.54, 1.807) is 19.2 Å². The molecule has 1 aromatic rings. The summed E-state index contributed by atoms with van der Waals surface area (Å²) in [6.07, 6.45) is 1.98. The number of thiocarbonyl (C=S) groups is 1. The number of ether oxygens (including phenoxy) is 1. The van der Waals surface area contributed by atoms with Gasteiger partial charge in [-0.05, 0) is 31.4 Å². The molecular formula is C19H25FN4O3S2. The molecule has 0 radical (unpaired) electrons. The van der Waals surface area contributed by atoms with Gasteiger partial charge in [0.1, 0.15) is 11.9 Å². The van der Waals surface area contributed by atoms with E-state index in [4.69, 9.17) is 17.0 Å². The number of hydrogen-bond acceptors (Lipinski definition) is 6. The van der Waals surface area contributed by atoms with Gasteiger partial charge in [0, 0.05) is 30.3 Å². The number of amides is 1. The summed E-state index contributed by atoms with van der Waals surface area (Å²) in [4.78, 5) is 14.5. The second kappa shape index (κ2) is 8.16. The van der Waals surface area contributed by atoms with Crippen LogP contribution in [0.4, 0.5) is 14.9 Å². The number of rotatable bonds is 5. The summed E-state index contributed by atoms with van der Waals surface area (Å²) in [6.45, 7) is 0.811.